The molecule has 5 atom stereocenters. The lowest BCUT2D eigenvalue weighted by Crippen LogP contribution is -2.66. The molecule has 0 spiro atoms. The van der Waals surface area contributed by atoms with Crippen LogP contribution in [0, 0.1) is 0 Å². The van der Waals surface area contributed by atoms with Crippen LogP contribution in [0.3, 0.4) is 0 Å². The fraction of sp³-hybridized carbons (Fsp3) is 0.733. The summed E-state index contributed by atoms with van der Waals surface area (Å²) in [5.74, 6) is -2.29. The first kappa shape index (κ1) is 20.8. The zero-order valence-electron chi connectivity index (χ0n) is 14.8. The predicted octanol–water partition coefficient (Wildman–Crippen LogP) is -0.711. The van der Waals surface area contributed by atoms with Crippen molar-refractivity contribution >= 4 is 23.8 Å². The van der Waals surface area contributed by atoms with Gasteiger partial charge in [-0.05, 0) is 0 Å². The second-order valence-electron chi connectivity index (χ2n) is 5.46. The number of ether oxygens (including phenoxy) is 5. The number of rotatable bonds is 6. The SMILES string of the molecule is CO[C@@H]1O[C@@H](COC(C)=O)[C@@H](OC(C)=O)[C@@H](OC(C)=O)[C@@H]1NC(C)=O. The number of hydrogen-bond donors (Lipinski definition) is 1. The fourth-order valence-electron chi connectivity index (χ4n) is 2.49. The highest BCUT2D eigenvalue weighted by atomic mass is 16.7. The lowest BCUT2D eigenvalue weighted by Gasteiger charge is -2.44. The lowest BCUT2D eigenvalue weighted by atomic mass is 9.96. The summed E-state index contributed by atoms with van der Waals surface area (Å²) in [5, 5.41) is 2.56. The van der Waals surface area contributed by atoms with E-state index in [1.165, 1.54) is 34.8 Å². The van der Waals surface area contributed by atoms with E-state index in [4.69, 9.17) is 23.7 Å². The summed E-state index contributed by atoms with van der Waals surface area (Å²) >= 11 is 0. The van der Waals surface area contributed by atoms with E-state index in [1.54, 1.807) is 0 Å². The van der Waals surface area contributed by atoms with Crippen LogP contribution >= 0.6 is 0 Å². The van der Waals surface area contributed by atoms with Gasteiger partial charge in [-0.3, -0.25) is 19.2 Å². The molecule has 0 unspecified atom stereocenters. The van der Waals surface area contributed by atoms with Crippen molar-refractivity contribution in [2.75, 3.05) is 13.7 Å². The van der Waals surface area contributed by atoms with Crippen LogP contribution in [-0.2, 0) is 42.9 Å². The summed E-state index contributed by atoms with van der Waals surface area (Å²) in [6, 6.07) is -0.927. The molecule has 0 aromatic heterocycles. The molecule has 1 N–H and O–H groups in total. The van der Waals surface area contributed by atoms with Crippen molar-refractivity contribution in [1.82, 2.24) is 5.32 Å². The number of carbonyl (C=O) groups is 4. The van der Waals surface area contributed by atoms with Crippen LogP contribution < -0.4 is 5.32 Å². The van der Waals surface area contributed by atoms with Crippen molar-refractivity contribution in [3.8, 4) is 0 Å². The standard InChI is InChI=1S/C15H23NO9/c1-7(17)16-12-14(24-10(4)20)13(23-9(3)19)11(6-22-8(2)18)25-15(12)21-5/h11-15H,6H2,1-5H3,(H,16,17)/t11-,12-,13+,14-,15+/m0/s1. The van der Waals surface area contributed by atoms with E-state index in [9.17, 15) is 19.2 Å². The van der Waals surface area contributed by atoms with E-state index >= 15 is 0 Å². The van der Waals surface area contributed by atoms with Gasteiger partial charge in [-0.15, -0.1) is 0 Å². The summed E-state index contributed by atoms with van der Waals surface area (Å²) in [5.41, 5.74) is 0. The normalized spacial score (nSPS) is 28.6. The highest BCUT2D eigenvalue weighted by Crippen LogP contribution is 2.27. The number of esters is 3. The number of methoxy groups -OCH3 is 1. The highest BCUT2D eigenvalue weighted by molar-refractivity contribution is 5.73. The van der Waals surface area contributed by atoms with E-state index in [1.807, 2.05) is 0 Å². The van der Waals surface area contributed by atoms with Gasteiger partial charge in [0.1, 0.15) is 18.8 Å². The Morgan fingerprint density at radius 1 is 0.920 bits per heavy atom. The van der Waals surface area contributed by atoms with Gasteiger partial charge in [0.15, 0.2) is 18.5 Å². The topological polar surface area (TPSA) is 126 Å². The largest absolute Gasteiger partial charge is 0.463 e. The van der Waals surface area contributed by atoms with E-state index in [-0.39, 0.29) is 6.61 Å². The molecule has 1 aliphatic heterocycles. The average Bonchev–Trinajstić information content (AvgIpc) is 2.48. The Kier molecular flexibility index (Phi) is 7.78. The molecule has 0 aromatic rings. The van der Waals surface area contributed by atoms with Gasteiger partial charge in [0.05, 0.1) is 0 Å². The third-order valence-corrected chi connectivity index (χ3v) is 3.30. The first-order chi connectivity index (χ1) is 11.6. The van der Waals surface area contributed by atoms with Gasteiger partial charge in [0.2, 0.25) is 5.91 Å². The van der Waals surface area contributed by atoms with Gasteiger partial charge in [0, 0.05) is 34.8 Å². The molecule has 1 amide bonds. The molecule has 0 radical (unpaired) electrons. The van der Waals surface area contributed by atoms with Gasteiger partial charge in [0.25, 0.3) is 0 Å². The summed E-state index contributed by atoms with van der Waals surface area (Å²) in [6.45, 7) is 4.57. The maximum absolute atomic E-state index is 11.5. The molecule has 10 nitrogen and oxygen atoms in total. The quantitative estimate of drug-likeness (QED) is 0.482. The second-order valence-corrected chi connectivity index (χ2v) is 5.46. The number of carbonyl (C=O) groups excluding carboxylic acids is 4. The molecular weight excluding hydrogens is 338 g/mol. The Hall–Kier alpha value is -2.20. The number of amides is 1. The van der Waals surface area contributed by atoms with Crippen molar-refractivity contribution in [3.05, 3.63) is 0 Å². The molecular formula is C15H23NO9. The minimum Gasteiger partial charge on any atom is -0.463 e. The van der Waals surface area contributed by atoms with E-state index in [2.05, 4.69) is 5.32 Å². The molecule has 1 fully saturated rings. The van der Waals surface area contributed by atoms with Crippen LogP contribution in [0.25, 0.3) is 0 Å². The van der Waals surface area contributed by atoms with Gasteiger partial charge >= 0.3 is 17.9 Å². The maximum atomic E-state index is 11.5. The summed E-state index contributed by atoms with van der Waals surface area (Å²) in [4.78, 5) is 45.5. The van der Waals surface area contributed by atoms with Crippen LogP contribution in [0.5, 0.6) is 0 Å². The zero-order valence-corrected chi connectivity index (χ0v) is 14.8. The zero-order chi connectivity index (χ0) is 19.1. The molecule has 1 aliphatic rings. The molecule has 142 valence electrons. The number of nitrogens with one attached hydrogen (secondary N) is 1. The van der Waals surface area contributed by atoms with E-state index in [0.717, 1.165) is 0 Å². The lowest BCUT2D eigenvalue weighted by molar-refractivity contribution is -0.271. The molecule has 0 aliphatic carbocycles. The molecule has 0 bridgehead atoms. The first-order valence-corrected chi connectivity index (χ1v) is 7.58. The Morgan fingerprint density at radius 3 is 1.92 bits per heavy atom. The minimum atomic E-state index is -1.11. The van der Waals surface area contributed by atoms with Gasteiger partial charge in [-0.1, -0.05) is 0 Å². The third-order valence-electron chi connectivity index (χ3n) is 3.30. The van der Waals surface area contributed by atoms with Crippen molar-refractivity contribution < 1.29 is 42.9 Å². The molecule has 25 heavy (non-hydrogen) atoms. The van der Waals surface area contributed by atoms with E-state index < -0.39 is 54.5 Å². The Bertz CT molecular complexity index is 521. The smallest absolute Gasteiger partial charge is 0.303 e. The fourth-order valence-corrected chi connectivity index (χ4v) is 2.49. The van der Waals surface area contributed by atoms with E-state index in [0.29, 0.717) is 0 Å². The summed E-state index contributed by atoms with van der Waals surface area (Å²) < 4.78 is 26.2. The molecule has 1 heterocycles. The van der Waals surface area contributed by atoms with Crippen molar-refractivity contribution in [2.24, 2.45) is 0 Å². The van der Waals surface area contributed by atoms with Crippen molar-refractivity contribution in [3.63, 3.8) is 0 Å². The number of hydrogen-bond acceptors (Lipinski definition) is 9. The van der Waals surface area contributed by atoms with Crippen molar-refractivity contribution in [1.29, 1.82) is 0 Å². The Labute approximate surface area is 145 Å². The van der Waals surface area contributed by atoms with Crippen LogP contribution in [0.1, 0.15) is 27.7 Å². The van der Waals surface area contributed by atoms with Crippen LogP contribution in [0.2, 0.25) is 0 Å². The maximum Gasteiger partial charge on any atom is 0.303 e. The Morgan fingerprint density at radius 2 is 1.48 bits per heavy atom. The molecule has 0 saturated carbocycles. The van der Waals surface area contributed by atoms with Gasteiger partial charge < -0.3 is 29.0 Å². The highest BCUT2D eigenvalue weighted by Gasteiger charge is 2.50. The van der Waals surface area contributed by atoms with Crippen molar-refractivity contribution in [2.45, 2.75) is 58.3 Å². The predicted molar refractivity (Wildman–Crippen MR) is 81.0 cm³/mol. The van der Waals surface area contributed by atoms with Crippen LogP contribution in [0.15, 0.2) is 0 Å². The Balaban J connectivity index is 3.18. The molecule has 0 aromatic carbocycles. The van der Waals surface area contributed by atoms with Crippen LogP contribution in [-0.4, -0.2) is 68.2 Å². The average molecular weight is 361 g/mol. The first-order valence-electron chi connectivity index (χ1n) is 7.58. The third kappa shape index (κ3) is 6.31. The molecule has 10 heteroatoms. The van der Waals surface area contributed by atoms with Gasteiger partial charge in [-0.2, -0.15) is 0 Å². The monoisotopic (exact) mass is 361 g/mol. The molecule has 1 rings (SSSR count). The minimum absolute atomic E-state index is 0.252. The summed E-state index contributed by atoms with van der Waals surface area (Å²) in [7, 11) is 1.33. The van der Waals surface area contributed by atoms with Gasteiger partial charge in [-0.25, -0.2) is 0 Å². The van der Waals surface area contributed by atoms with Crippen LogP contribution in [0.4, 0.5) is 0 Å². The summed E-state index contributed by atoms with van der Waals surface area (Å²) in [6.07, 6.45) is -4.17. The molecule has 1 saturated heterocycles. The second kappa shape index (κ2) is 9.33.